The molecule has 0 radical (unpaired) electrons. The van der Waals surface area contributed by atoms with E-state index >= 15 is 0 Å². The number of anilines is 2. The van der Waals surface area contributed by atoms with Gasteiger partial charge in [-0.2, -0.15) is 0 Å². The van der Waals surface area contributed by atoms with Crippen LogP contribution in [0.5, 0.6) is 0 Å². The standard InChI is InChI=1S/C15H24N2O/c1-10(2)12-7-8-13(17(5)6)14(11(3)4)15(12)16-9-18/h7-11H,1-6H3,(H,16,18). The maximum atomic E-state index is 10.9. The SMILES string of the molecule is CC(C)c1ccc(N(C)C)c(C(C)C)c1NC=O. The Bertz CT molecular complexity index is 423. The molecule has 0 saturated carbocycles. The predicted molar refractivity (Wildman–Crippen MR) is 78.6 cm³/mol. The van der Waals surface area contributed by atoms with Crippen molar-refractivity contribution in [2.24, 2.45) is 0 Å². The van der Waals surface area contributed by atoms with Crippen LogP contribution in [-0.2, 0) is 4.79 Å². The lowest BCUT2D eigenvalue weighted by Crippen LogP contribution is -2.15. The van der Waals surface area contributed by atoms with Gasteiger partial charge in [0, 0.05) is 31.0 Å². The van der Waals surface area contributed by atoms with E-state index < -0.39 is 0 Å². The Kier molecular flexibility index (Phi) is 4.76. The number of hydrogen-bond acceptors (Lipinski definition) is 2. The summed E-state index contributed by atoms with van der Waals surface area (Å²) in [6.07, 6.45) is 0.770. The van der Waals surface area contributed by atoms with Gasteiger partial charge in [-0.05, 0) is 23.5 Å². The van der Waals surface area contributed by atoms with Gasteiger partial charge in [0.2, 0.25) is 6.41 Å². The Morgan fingerprint density at radius 1 is 1.11 bits per heavy atom. The molecule has 100 valence electrons. The first-order chi connectivity index (χ1) is 8.40. The molecule has 0 aromatic heterocycles. The van der Waals surface area contributed by atoms with Gasteiger partial charge < -0.3 is 10.2 Å². The normalized spacial score (nSPS) is 10.9. The van der Waals surface area contributed by atoms with Crippen LogP contribution in [0.4, 0.5) is 11.4 Å². The lowest BCUT2D eigenvalue weighted by Gasteiger charge is -2.25. The van der Waals surface area contributed by atoms with Crippen LogP contribution in [0.25, 0.3) is 0 Å². The number of nitrogens with zero attached hydrogens (tertiary/aromatic N) is 1. The van der Waals surface area contributed by atoms with E-state index in [1.54, 1.807) is 0 Å². The molecule has 1 aromatic carbocycles. The summed E-state index contributed by atoms with van der Waals surface area (Å²) in [7, 11) is 4.06. The molecule has 0 atom stereocenters. The minimum Gasteiger partial charge on any atom is -0.377 e. The van der Waals surface area contributed by atoms with Crippen molar-refractivity contribution >= 4 is 17.8 Å². The molecule has 1 rings (SSSR count). The number of carbonyl (C=O) groups excluding carboxylic acids is 1. The first-order valence-electron chi connectivity index (χ1n) is 6.44. The monoisotopic (exact) mass is 248 g/mol. The molecule has 0 heterocycles. The highest BCUT2D eigenvalue weighted by Gasteiger charge is 2.18. The van der Waals surface area contributed by atoms with E-state index in [0.29, 0.717) is 11.8 Å². The minimum atomic E-state index is 0.364. The molecule has 18 heavy (non-hydrogen) atoms. The van der Waals surface area contributed by atoms with Crippen LogP contribution in [-0.4, -0.2) is 20.5 Å². The lowest BCUT2D eigenvalue weighted by molar-refractivity contribution is -0.105. The third kappa shape index (κ3) is 2.84. The molecule has 3 heteroatoms. The first kappa shape index (κ1) is 14.6. The van der Waals surface area contributed by atoms with Gasteiger partial charge >= 0.3 is 0 Å². The topological polar surface area (TPSA) is 32.3 Å². The molecule has 0 unspecified atom stereocenters. The van der Waals surface area contributed by atoms with Crippen LogP contribution in [0.2, 0.25) is 0 Å². The van der Waals surface area contributed by atoms with E-state index in [0.717, 1.165) is 12.1 Å². The maximum absolute atomic E-state index is 10.9. The van der Waals surface area contributed by atoms with Gasteiger partial charge in [-0.3, -0.25) is 4.79 Å². The second kappa shape index (κ2) is 5.89. The van der Waals surface area contributed by atoms with Gasteiger partial charge in [0.25, 0.3) is 0 Å². The number of nitrogens with one attached hydrogen (secondary N) is 1. The number of hydrogen-bond donors (Lipinski definition) is 1. The summed E-state index contributed by atoms with van der Waals surface area (Å²) in [6.45, 7) is 8.60. The van der Waals surface area contributed by atoms with Gasteiger partial charge in [0.15, 0.2) is 0 Å². The Morgan fingerprint density at radius 2 is 1.72 bits per heavy atom. The van der Waals surface area contributed by atoms with E-state index in [-0.39, 0.29) is 0 Å². The van der Waals surface area contributed by atoms with Crippen LogP contribution in [0.15, 0.2) is 12.1 Å². The van der Waals surface area contributed by atoms with Crippen molar-refractivity contribution in [3.8, 4) is 0 Å². The Labute approximate surface area is 110 Å². The van der Waals surface area contributed by atoms with Crippen LogP contribution >= 0.6 is 0 Å². The highest BCUT2D eigenvalue weighted by Crippen LogP contribution is 2.38. The van der Waals surface area contributed by atoms with Crippen molar-refractivity contribution in [1.82, 2.24) is 0 Å². The van der Waals surface area contributed by atoms with Crippen LogP contribution in [0.1, 0.15) is 50.7 Å². The molecule has 0 fully saturated rings. The van der Waals surface area contributed by atoms with E-state index in [2.05, 4.69) is 50.0 Å². The maximum Gasteiger partial charge on any atom is 0.211 e. The largest absolute Gasteiger partial charge is 0.377 e. The summed E-state index contributed by atoms with van der Waals surface area (Å²) in [5.41, 5.74) is 4.54. The fourth-order valence-electron chi connectivity index (χ4n) is 2.30. The fourth-order valence-corrected chi connectivity index (χ4v) is 2.30. The Hall–Kier alpha value is -1.51. The van der Waals surface area contributed by atoms with Crippen LogP contribution in [0.3, 0.4) is 0 Å². The number of rotatable bonds is 5. The third-order valence-corrected chi connectivity index (χ3v) is 3.14. The highest BCUT2D eigenvalue weighted by molar-refractivity contribution is 5.81. The Morgan fingerprint density at radius 3 is 2.11 bits per heavy atom. The molecule has 0 aliphatic rings. The van der Waals surface area contributed by atoms with Gasteiger partial charge in [0.05, 0.1) is 0 Å². The number of amides is 1. The van der Waals surface area contributed by atoms with Gasteiger partial charge in [-0.15, -0.1) is 0 Å². The van der Waals surface area contributed by atoms with Crippen LogP contribution < -0.4 is 10.2 Å². The summed E-state index contributed by atoms with van der Waals surface area (Å²) in [5, 5.41) is 2.90. The fraction of sp³-hybridized carbons (Fsp3) is 0.533. The molecule has 1 amide bonds. The molecule has 1 N–H and O–H groups in total. The molecule has 1 aromatic rings. The summed E-state index contributed by atoms with van der Waals surface area (Å²) in [5.74, 6) is 0.754. The minimum absolute atomic E-state index is 0.364. The van der Waals surface area contributed by atoms with Gasteiger partial charge in [-0.25, -0.2) is 0 Å². The average molecular weight is 248 g/mol. The van der Waals surface area contributed by atoms with E-state index in [1.165, 1.54) is 16.8 Å². The van der Waals surface area contributed by atoms with E-state index in [9.17, 15) is 4.79 Å². The smallest absolute Gasteiger partial charge is 0.211 e. The van der Waals surface area contributed by atoms with Crippen molar-refractivity contribution in [3.05, 3.63) is 23.3 Å². The van der Waals surface area contributed by atoms with Crippen molar-refractivity contribution in [1.29, 1.82) is 0 Å². The molecule has 3 nitrogen and oxygen atoms in total. The second-order valence-electron chi connectivity index (χ2n) is 5.43. The zero-order chi connectivity index (χ0) is 13.9. The van der Waals surface area contributed by atoms with Crippen LogP contribution in [0, 0.1) is 0 Å². The summed E-state index contributed by atoms with van der Waals surface area (Å²) >= 11 is 0. The molecule has 0 aliphatic heterocycles. The molecule has 0 bridgehead atoms. The summed E-state index contributed by atoms with van der Waals surface area (Å²) in [4.78, 5) is 13.0. The number of benzene rings is 1. The molecule has 0 aliphatic carbocycles. The highest BCUT2D eigenvalue weighted by atomic mass is 16.1. The number of carbonyl (C=O) groups is 1. The Balaban J connectivity index is 3.53. The lowest BCUT2D eigenvalue weighted by atomic mass is 9.91. The van der Waals surface area contributed by atoms with E-state index in [4.69, 9.17) is 0 Å². The van der Waals surface area contributed by atoms with Gasteiger partial charge in [-0.1, -0.05) is 33.8 Å². The summed E-state index contributed by atoms with van der Waals surface area (Å²) in [6, 6.07) is 4.25. The first-order valence-corrected chi connectivity index (χ1v) is 6.44. The molecule has 0 spiro atoms. The summed E-state index contributed by atoms with van der Waals surface area (Å²) < 4.78 is 0. The van der Waals surface area contributed by atoms with Gasteiger partial charge in [0.1, 0.15) is 0 Å². The van der Waals surface area contributed by atoms with E-state index in [1.807, 2.05) is 14.1 Å². The molecular weight excluding hydrogens is 224 g/mol. The average Bonchev–Trinajstić information content (AvgIpc) is 2.27. The quantitative estimate of drug-likeness (QED) is 0.808. The zero-order valence-electron chi connectivity index (χ0n) is 12.2. The molecular formula is C15H24N2O. The van der Waals surface area contributed by atoms with Crippen molar-refractivity contribution in [2.75, 3.05) is 24.3 Å². The van der Waals surface area contributed by atoms with Crippen molar-refractivity contribution in [2.45, 2.75) is 39.5 Å². The van der Waals surface area contributed by atoms with Crippen molar-refractivity contribution < 1.29 is 4.79 Å². The predicted octanol–water partition coefficient (Wildman–Crippen LogP) is 3.57. The second-order valence-corrected chi connectivity index (χ2v) is 5.43. The zero-order valence-corrected chi connectivity index (χ0v) is 12.2. The molecule has 0 saturated heterocycles. The van der Waals surface area contributed by atoms with Crippen molar-refractivity contribution in [3.63, 3.8) is 0 Å². The third-order valence-electron chi connectivity index (χ3n) is 3.14.